The molecule has 0 amide bonds. The van der Waals surface area contributed by atoms with Crippen LogP contribution in [0.1, 0.15) is 56.9 Å². The molecule has 2 aliphatic rings. The van der Waals surface area contributed by atoms with E-state index in [0.29, 0.717) is 38.2 Å². The highest BCUT2D eigenvalue weighted by atomic mass is 16.5. The van der Waals surface area contributed by atoms with Crippen LogP contribution < -0.4 is 5.32 Å². The number of carbonyl (C=O) groups excluding carboxylic acids is 1. The molecular weight excluding hydrogens is 326 g/mol. The normalized spacial score (nSPS) is 25.6. The summed E-state index contributed by atoms with van der Waals surface area (Å²) in [7, 11) is 0. The zero-order chi connectivity index (χ0) is 18.2. The van der Waals surface area contributed by atoms with Crippen LogP contribution in [-0.4, -0.2) is 38.9 Å². The molecule has 0 bridgehead atoms. The monoisotopic (exact) mass is 359 g/mol. The number of esters is 1. The first-order valence-corrected chi connectivity index (χ1v) is 10.2. The minimum absolute atomic E-state index is 0.0522. The predicted molar refractivity (Wildman–Crippen MR) is 103 cm³/mol. The minimum atomic E-state index is -0.393. The van der Waals surface area contributed by atoms with Crippen LogP contribution in [0.15, 0.2) is 30.3 Å². The Bertz CT molecular complexity index is 546. The molecule has 4 heteroatoms. The van der Waals surface area contributed by atoms with Crippen LogP contribution in [0, 0.1) is 11.3 Å². The number of hydrogen-bond acceptors (Lipinski definition) is 4. The molecule has 1 saturated heterocycles. The lowest BCUT2D eigenvalue weighted by Crippen LogP contribution is -2.47. The van der Waals surface area contributed by atoms with Crippen LogP contribution in [0.25, 0.3) is 0 Å². The molecule has 0 unspecified atom stereocenters. The molecule has 26 heavy (non-hydrogen) atoms. The van der Waals surface area contributed by atoms with Gasteiger partial charge in [-0.2, -0.15) is 0 Å². The Labute approximate surface area is 157 Å². The summed E-state index contributed by atoms with van der Waals surface area (Å²) in [5.74, 6) is 1.38. The van der Waals surface area contributed by atoms with Gasteiger partial charge in [0.1, 0.15) is 0 Å². The van der Waals surface area contributed by atoms with Gasteiger partial charge in [0.2, 0.25) is 0 Å². The van der Waals surface area contributed by atoms with Crippen LogP contribution in [0.5, 0.6) is 0 Å². The average Bonchev–Trinajstić information content (AvgIpc) is 2.70. The van der Waals surface area contributed by atoms with Gasteiger partial charge in [-0.3, -0.25) is 4.79 Å². The summed E-state index contributed by atoms with van der Waals surface area (Å²) in [5, 5.41) is 3.60. The predicted octanol–water partition coefficient (Wildman–Crippen LogP) is 3.91. The molecule has 1 saturated carbocycles. The molecule has 1 aliphatic heterocycles. The van der Waals surface area contributed by atoms with E-state index in [4.69, 9.17) is 9.47 Å². The minimum Gasteiger partial charge on any atom is -0.466 e. The lowest BCUT2D eigenvalue weighted by atomic mass is 9.78. The van der Waals surface area contributed by atoms with Gasteiger partial charge >= 0.3 is 5.97 Å². The molecule has 0 aromatic heterocycles. The van der Waals surface area contributed by atoms with Crippen molar-refractivity contribution in [2.24, 2.45) is 11.3 Å². The molecule has 3 rings (SSSR count). The summed E-state index contributed by atoms with van der Waals surface area (Å²) in [6.07, 6.45) is 6.60. The SMILES string of the molecule is CCOC(=O)C1(CNCC2CCC(c3ccccc3)CC2)CCOCC1. The van der Waals surface area contributed by atoms with Gasteiger partial charge in [-0.1, -0.05) is 30.3 Å². The second-order valence-electron chi connectivity index (χ2n) is 7.87. The molecule has 2 fully saturated rings. The van der Waals surface area contributed by atoms with Crippen molar-refractivity contribution in [3.8, 4) is 0 Å². The molecule has 0 atom stereocenters. The van der Waals surface area contributed by atoms with Crippen molar-refractivity contribution in [2.75, 3.05) is 32.9 Å². The van der Waals surface area contributed by atoms with Crippen molar-refractivity contribution in [3.05, 3.63) is 35.9 Å². The van der Waals surface area contributed by atoms with Gasteiger partial charge in [-0.15, -0.1) is 0 Å². The fourth-order valence-electron chi connectivity index (χ4n) is 4.44. The molecule has 1 aliphatic carbocycles. The van der Waals surface area contributed by atoms with Crippen molar-refractivity contribution in [2.45, 2.75) is 51.4 Å². The van der Waals surface area contributed by atoms with E-state index in [0.717, 1.165) is 19.4 Å². The van der Waals surface area contributed by atoms with Crippen molar-refractivity contribution in [1.82, 2.24) is 5.32 Å². The molecule has 0 radical (unpaired) electrons. The van der Waals surface area contributed by atoms with Crippen LogP contribution in [0.3, 0.4) is 0 Å². The topological polar surface area (TPSA) is 47.6 Å². The Balaban J connectivity index is 1.44. The Morgan fingerprint density at radius 3 is 2.50 bits per heavy atom. The molecule has 144 valence electrons. The maximum Gasteiger partial charge on any atom is 0.313 e. The van der Waals surface area contributed by atoms with E-state index in [-0.39, 0.29) is 5.97 Å². The lowest BCUT2D eigenvalue weighted by Gasteiger charge is -2.36. The standard InChI is InChI=1S/C22H33NO3/c1-2-26-21(24)22(12-14-25-15-13-22)17-23-16-18-8-10-20(11-9-18)19-6-4-3-5-7-19/h3-7,18,20,23H,2,8-17H2,1H3. The van der Waals surface area contributed by atoms with Crippen LogP contribution in [0.4, 0.5) is 0 Å². The molecule has 1 aromatic rings. The number of carbonyl (C=O) groups is 1. The quantitative estimate of drug-likeness (QED) is 0.750. The summed E-state index contributed by atoms with van der Waals surface area (Å²) < 4.78 is 10.8. The summed E-state index contributed by atoms with van der Waals surface area (Å²) >= 11 is 0. The maximum atomic E-state index is 12.5. The van der Waals surface area contributed by atoms with Gasteiger partial charge in [0, 0.05) is 19.8 Å². The number of hydrogen-bond donors (Lipinski definition) is 1. The number of nitrogens with one attached hydrogen (secondary N) is 1. The van der Waals surface area contributed by atoms with Crippen LogP contribution in [-0.2, 0) is 14.3 Å². The summed E-state index contributed by atoms with van der Waals surface area (Å²) in [6.45, 7) is 5.36. The van der Waals surface area contributed by atoms with E-state index >= 15 is 0 Å². The van der Waals surface area contributed by atoms with Gasteiger partial charge < -0.3 is 14.8 Å². The molecule has 1 N–H and O–H groups in total. The van der Waals surface area contributed by atoms with Crippen molar-refractivity contribution >= 4 is 5.97 Å². The third-order valence-electron chi connectivity index (χ3n) is 6.17. The second kappa shape index (κ2) is 9.52. The van der Waals surface area contributed by atoms with Crippen molar-refractivity contribution < 1.29 is 14.3 Å². The Morgan fingerprint density at radius 2 is 1.85 bits per heavy atom. The first kappa shape index (κ1) is 19.4. The fourth-order valence-corrected chi connectivity index (χ4v) is 4.44. The maximum absolute atomic E-state index is 12.5. The number of ether oxygens (including phenoxy) is 2. The molecular formula is C22H33NO3. The summed E-state index contributed by atoms with van der Waals surface area (Å²) in [6, 6.07) is 10.9. The van der Waals surface area contributed by atoms with E-state index in [1.54, 1.807) is 0 Å². The highest BCUT2D eigenvalue weighted by Gasteiger charge is 2.41. The van der Waals surface area contributed by atoms with Gasteiger partial charge in [-0.05, 0) is 69.4 Å². The van der Waals surface area contributed by atoms with Crippen molar-refractivity contribution in [1.29, 1.82) is 0 Å². The fraction of sp³-hybridized carbons (Fsp3) is 0.682. The van der Waals surface area contributed by atoms with E-state index in [1.807, 2.05) is 6.92 Å². The third-order valence-corrected chi connectivity index (χ3v) is 6.17. The van der Waals surface area contributed by atoms with E-state index in [9.17, 15) is 4.79 Å². The van der Waals surface area contributed by atoms with Crippen molar-refractivity contribution in [3.63, 3.8) is 0 Å². The third kappa shape index (κ3) is 4.86. The number of rotatable bonds is 7. The van der Waals surface area contributed by atoms with E-state index in [1.165, 1.54) is 31.2 Å². The average molecular weight is 360 g/mol. The summed E-state index contributed by atoms with van der Waals surface area (Å²) in [5.41, 5.74) is 1.09. The Hall–Kier alpha value is -1.39. The largest absolute Gasteiger partial charge is 0.466 e. The van der Waals surface area contributed by atoms with Gasteiger partial charge in [0.05, 0.1) is 12.0 Å². The molecule has 1 heterocycles. The van der Waals surface area contributed by atoms with Gasteiger partial charge in [-0.25, -0.2) is 0 Å². The molecule has 1 aromatic carbocycles. The van der Waals surface area contributed by atoms with Crippen LogP contribution >= 0.6 is 0 Å². The molecule has 4 nitrogen and oxygen atoms in total. The van der Waals surface area contributed by atoms with E-state index in [2.05, 4.69) is 35.6 Å². The summed E-state index contributed by atoms with van der Waals surface area (Å²) in [4.78, 5) is 12.5. The molecule has 0 spiro atoms. The zero-order valence-corrected chi connectivity index (χ0v) is 16.0. The first-order chi connectivity index (χ1) is 12.7. The highest BCUT2D eigenvalue weighted by Crippen LogP contribution is 2.36. The van der Waals surface area contributed by atoms with Gasteiger partial charge in [0.25, 0.3) is 0 Å². The second-order valence-corrected chi connectivity index (χ2v) is 7.87. The lowest BCUT2D eigenvalue weighted by molar-refractivity contribution is -0.161. The highest BCUT2D eigenvalue weighted by molar-refractivity contribution is 5.77. The smallest absolute Gasteiger partial charge is 0.313 e. The van der Waals surface area contributed by atoms with Crippen LogP contribution in [0.2, 0.25) is 0 Å². The Morgan fingerprint density at radius 1 is 1.15 bits per heavy atom. The zero-order valence-electron chi connectivity index (χ0n) is 16.0. The number of benzene rings is 1. The van der Waals surface area contributed by atoms with E-state index < -0.39 is 5.41 Å². The Kier molecular flexibility index (Phi) is 7.09. The van der Waals surface area contributed by atoms with Gasteiger partial charge in [0.15, 0.2) is 0 Å². The first-order valence-electron chi connectivity index (χ1n) is 10.2.